The summed E-state index contributed by atoms with van der Waals surface area (Å²) in [6.45, 7) is 5.50. The van der Waals surface area contributed by atoms with E-state index < -0.39 is 22.2 Å². The van der Waals surface area contributed by atoms with Crippen LogP contribution in [0.15, 0.2) is 58.9 Å². The van der Waals surface area contributed by atoms with E-state index in [1.807, 2.05) is 18.6 Å². The first-order valence-corrected chi connectivity index (χ1v) is 10.5. The van der Waals surface area contributed by atoms with E-state index in [2.05, 4.69) is 5.32 Å². The van der Waals surface area contributed by atoms with Gasteiger partial charge in [-0.05, 0) is 67.8 Å². The number of aryl methyl sites for hydroxylation is 2. The Bertz CT molecular complexity index is 1160. The van der Waals surface area contributed by atoms with Crippen LogP contribution in [0.2, 0.25) is 0 Å². The molecule has 1 aromatic carbocycles. The number of hydrogen-bond acceptors (Lipinski definition) is 6. The third-order valence-electron chi connectivity index (χ3n) is 4.12. The monoisotopic (exact) mass is 431 g/mol. The topological polar surface area (TPSA) is 164 Å². The number of carbonyl (C=O) groups is 1. The lowest BCUT2D eigenvalue weighted by Gasteiger charge is -2.20. The Balaban J connectivity index is 2.55. The van der Waals surface area contributed by atoms with Gasteiger partial charge in [0, 0.05) is 11.1 Å². The van der Waals surface area contributed by atoms with Gasteiger partial charge in [0.15, 0.2) is 0 Å². The lowest BCUT2D eigenvalue weighted by atomic mass is 9.99. The SMILES string of the molecule is C\C=C/C(=C\C=C\C(=N)N)NC(C(=O)NS(N)(=O)=O)c1cc(C)c2occ(C)c2c1. The molecule has 0 fully saturated rings. The second-order valence-electron chi connectivity index (χ2n) is 6.66. The van der Waals surface area contributed by atoms with Gasteiger partial charge in [-0.1, -0.05) is 12.2 Å². The highest BCUT2D eigenvalue weighted by Gasteiger charge is 2.25. The Morgan fingerprint density at radius 2 is 1.93 bits per heavy atom. The number of furan rings is 1. The normalized spacial score (nSPS) is 13.8. The molecule has 0 bridgehead atoms. The Morgan fingerprint density at radius 3 is 2.53 bits per heavy atom. The molecule has 1 unspecified atom stereocenters. The number of rotatable bonds is 8. The lowest BCUT2D eigenvalue weighted by Crippen LogP contribution is -2.43. The van der Waals surface area contributed by atoms with Crippen molar-refractivity contribution in [1.82, 2.24) is 10.0 Å². The minimum absolute atomic E-state index is 0.133. The van der Waals surface area contributed by atoms with Gasteiger partial charge in [0.2, 0.25) is 0 Å². The molecule has 30 heavy (non-hydrogen) atoms. The van der Waals surface area contributed by atoms with Gasteiger partial charge in [-0.25, -0.2) is 9.86 Å². The zero-order valence-electron chi connectivity index (χ0n) is 16.9. The fourth-order valence-electron chi connectivity index (χ4n) is 2.88. The van der Waals surface area contributed by atoms with Gasteiger partial charge in [-0.3, -0.25) is 10.2 Å². The molecule has 10 heteroatoms. The van der Waals surface area contributed by atoms with Crippen LogP contribution in [0.1, 0.15) is 29.7 Å². The predicted octanol–water partition coefficient (Wildman–Crippen LogP) is 1.95. The van der Waals surface area contributed by atoms with Crippen LogP contribution in [0, 0.1) is 19.3 Å². The van der Waals surface area contributed by atoms with Crippen molar-refractivity contribution >= 4 is 32.9 Å². The number of amidine groups is 1. The van der Waals surface area contributed by atoms with E-state index in [1.54, 1.807) is 43.5 Å². The highest BCUT2D eigenvalue weighted by molar-refractivity contribution is 7.87. The van der Waals surface area contributed by atoms with Crippen molar-refractivity contribution in [3.8, 4) is 0 Å². The van der Waals surface area contributed by atoms with Gasteiger partial charge in [0.25, 0.3) is 16.1 Å². The molecule has 1 amide bonds. The van der Waals surface area contributed by atoms with Gasteiger partial charge in [-0.15, -0.1) is 0 Å². The minimum atomic E-state index is -4.26. The van der Waals surface area contributed by atoms with Crippen LogP contribution in [0.5, 0.6) is 0 Å². The van der Waals surface area contributed by atoms with E-state index >= 15 is 0 Å². The summed E-state index contributed by atoms with van der Waals surface area (Å²) in [7, 11) is -4.26. The number of fused-ring (bicyclic) bond motifs is 1. The second-order valence-corrected chi connectivity index (χ2v) is 7.95. The molecule has 0 aliphatic heterocycles. The van der Waals surface area contributed by atoms with Gasteiger partial charge in [-0.2, -0.15) is 8.42 Å². The van der Waals surface area contributed by atoms with Crippen LogP contribution in [0.4, 0.5) is 0 Å². The Morgan fingerprint density at radius 1 is 1.23 bits per heavy atom. The summed E-state index contributed by atoms with van der Waals surface area (Å²) < 4.78 is 30.3. The quantitative estimate of drug-likeness (QED) is 0.243. The molecule has 160 valence electrons. The van der Waals surface area contributed by atoms with E-state index in [0.29, 0.717) is 16.8 Å². The molecule has 1 atom stereocenters. The summed E-state index contributed by atoms with van der Waals surface area (Å²) in [5.41, 5.74) is 8.69. The molecular formula is C20H25N5O4S. The van der Waals surface area contributed by atoms with Crippen molar-refractivity contribution in [2.24, 2.45) is 10.9 Å². The van der Waals surface area contributed by atoms with Gasteiger partial charge in [0.05, 0.1) is 6.26 Å². The van der Waals surface area contributed by atoms with Crippen molar-refractivity contribution in [3.05, 3.63) is 71.2 Å². The van der Waals surface area contributed by atoms with Crippen molar-refractivity contribution < 1.29 is 17.6 Å². The van der Waals surface area contributed by atoms with E-state index in [4.69, 9.17) is 20.7 Å². The minimum Gasteiger partial charge on any atom is -0.464 e. The third-order valence-corrected chi connectivity index (χ3v) is 4.61. The maximum atomic E-state index is 12.8. The fourth-order valence-corrected chi connectivity index (χ4v) is 3.28. The highest BCUT2D eigenvalue weighted by atomic mass is 32.2. The average Bonchev–Trinajstić information content (AvgIpc) is 2.99. The molecule has 0 aliphatic rings. The number of benzene rings is 1. The molecule has 0 saturated carbocycles. The van der Waals surface area contributed by atoms with Crippen LogP contribution >= 0.6 is 0 Å². The summed E-state index contributed by atoms with van der Waals surface area (Å²) >= 11 is 0. The molecule has 0 saturated heterocycles. The van der Waals surface area contributed by atoms with Crippen LogP contribution in [-0.4, -0.2) is 20.2 Å². The number of nitrogens with one attached hydrogen (secondary N) is 3. The Kier molecular flexibility index (Phi) is 7.19. The largest absolute Gasteiger partial charge is 0.464 e. The average molecular weight is 432 g/mol. The fraction of sp³-hybridized carbons (Fsp3) is 0.200. The molecule has 2 rings (SSSR count). The number of carbonyl (C=O) groups excluding carboxylic acids is 1. The zero-order chi connectivity index (χ0) is 22.5. The summed E-state index contributed by atoms with van der Waals surface area (Å²) in [6.07, 6.45) is 9.56. The molecule has 0 radical (unpaired) electrons. The van der Waals surface area contributed by atoms with Crippen LogP contribution in [-0.2, 0) is 15.0 Å². The summed E-state index contributed by atoms with van der Waals surface area (Å²) in [4.78, 5) is 12.8. The molecule has 0 aliphatic carbocycles. The third kappa shape index (κ3) is 6.06. The van der Waals surface area contributed by atoms with Gasteiger partial charge in [0.1, 0.15) is 17.5 Å². The first-order valence-electron chi connectivity index (χ1n) is 8.96. The standard InChI is InChI=1S/C20H25N5O4S/c1-4-6-15(7-5-8-17(21)22)24-18(20(26)25-30(23,27)28)14-9-12(2)19-16(10-14)13(3)11-29-19/h4-11,18,24H,1-3H3,(H3,21,22)(H,25,26)(H2,23,27,28)/b6-4-,8-5+,15-7+. The summed E-state index contributed by atoms with van der Waals surface area (Å²) in [5.74, 6) is -0.977. The van der Waals surface area contributed by atoms with E-state index in [-0.39, 0.29) is 5.84 Å². The molecule has 9 nitrogen and oxygen atoms in total. The maximum absolute atomic E-state index is 12.8. The highest BCUT2D eigenvalue weighted by Crippen LogP contribution is 2.28. The first-order chi connectivity index (χ1) is 14.0. The van der Waals surface area contributed by atoms with Crippen molar-refractivity contribution in [2.45, 2.75) is 26.8 Å². The number of allylic oxidation sites excluding steroid dienone is 4. The van der Waals surface area contributed by atoms with Crippen molar-refractivity contribution in [3.63, 3.8) is 0 Å². The number of hydrogen-bond donors (Lipinski definition) is 5. The van der Waals surface area contributed by atoms with Crippen molar-refractivity contribution in [2.75, 3.05) is 0 Å². The second kappa shape index (κ2) is 9.42. The molecule has 0 spiro atoms. The molecule has 1 heterocycles. The van der Waals surface area contributed by atoms with E-state index in [1.165, 1.54) is 12.2 Å². The van der Waals surface area contributed by atoms with Crippen LogP contribution < -0.4 is 20.9 Å². The summed E-state index contributed by atoms with van der Waals surface area (Å²) in [5, 5.41) is 16.1. The van der Waals surface area contributed by atoms with Crippen LogP contribution in [0.3, 0.4) is 0 Å². The zero-order valence-corrected chi connectivity index (χ0v) is 17.7. The predicted molar refractivity (Wildman–Crippen MR) is 117 cm³/mol. The first kappa shape index (κ1) is 22.9. The smallest absolute Gasteiger partial charge is 0.298 e. The Labute approximate surface area is 175 Å². The van der Waals surface area contributed by atoms with E-state index in [9.17, 15) is 13.2 Å². The molecule has 2 aromatic rings. The number of nitrogens with two attached hydrogens (primary N) is 2. The van der Waals surface area contributed by atoms with Gasteiger partial charge >= 0.3 is 0 Å². The molecular weight excluding hydrogens is 406 g/mol. The van der Waals surface area contributed by atoms with E-state index in [0.717, 1.165) is 16.5 Å². The maximum Gasteiger partial charge on any atom is 0.298 e. The lowest BCUT2D eigenvalue weighted by molar-refractivity contribution is -0.121. The Hall–Kier alpha value is -3.37. The van der Waals surface area contributed by atoms with Gasteiger partial charge < -0.3 is 15.5 Å². The summed E-state index contributed by atoms with van der Waals surface area (Å²) in [6, 6.07) is 2.43. The molecule has 7 N–H and O–H groups in total. The molecule has 1 aromatic heterocycles. The number of amides is 1. The van der Waals surface area contributed by atoms with Crippen LogP contribution in [0.25, 0.3) is 11.0 Å². The van der Waals surface area contributed by atoms with Crippen molar-refractivity contribution in [1.29, 1.82) is 5.41 Å².